The lowest BCUT2D eigenvalue weighted by Gasteiger charge is -2.35. The predicted molar refractivity (Wildman–Crippen MR) is 119 cm³/mol. The van der Waals surface area contributed by atoms with Gasteiger partial charge in [-0.15, -0.1) is 0 Å². The van der Waals surface area contributed by atoms with Crippen LogP contribution in [-0.2, 0) is 0 Å². The molecule has 0 amide bonds. The van der Waals surface area contributed by atoms with E-state index in [0.29, 0.717) is 12.0 Å². The van der Waals surface area contributed by atoms with Gasteiger partial charge in [0.1, 0.15) is 0 Å². The van der Waals surface area contributed by atoms with Crippen LogP contribution >= 0.6 is 0 Å². The Hall–Kier alpha value is -2.61. The molecule has 0 spiro atoms. The van der Waals surface area contributed by atoms with Crippen molar-refractivity contribution in [2.45, 2.75) is 67.3 Å². The van der Waals surface area contributed by atoms with Crippen LogP contribution < -0.4 is 0 Å². The van der Waals surface area contributed by atoms with Gasteiger partial charge in [0.25, 0.3) is 5.84 Å². The molecule has 1 aromatic carbocycles. The third kappa shape index (κ3) is 4.44. The summed E-state index contributed by atoms with van der Waals surface area (Å²) in [4.78, 5) is 13.6. The number of aliphatic imine (C=N–C) groups is 3. The minimum absolute atomic E-state index is 0.0441. The fourth-order valence-electron chi connectivity index (χ4n) is 3.03. The molecule has 1 heterocycles. The Labute approximate surface area is 169 Å². The van der Waals surface area contributed by atoms with E-state index < -0.39 is 0 Å². The van der Waals surface area contributed by atoms with Crippen LogP contribution in [0.15, 0.2) is 27.1 Å². The summed E-state index contributed by atoms with van der Waals surface area (Å²) in [6, 6.07) is 6.26. The smallest absolute Gasteiger partial charge is 0.274 e. The first-order valence-corrected chi connectivity index (χ1v) is 9.66. The monoisotopic (exact) mass is 378 g/mol. The van der Waals surface area contributed by atoms with Crippen LogP contribution in [0.3, 0.4) is 0 Å². The van der Waals surface area contributed by atoms with Crippen molar-refractivity contribution in [2.75, 3.05) is 7.05 Å². The average molecular weight is 379 g/mol. The molecule has 28 heavy (non-hydrogen) atoms. The van der Waals surface area contributed by atoms with Crippen LogP contribution in [0.2, 0.25) is 0 Å². The van der Waals surface area contributed by atoms with Gasteiger partial charge in [-0.05, 0) is 52.3 Å². The summed E-state index contributed by atoms with van der Waals surface area (Å²) in [6.45, 7) is 17.0. The van der Waals surface area contributed by atoms with Gasteiger partial charge in [0.15, 0.2) is 0 Å². The highest BCUT2D eigenvalue weighted by Gasteiger charge is 2.43. The topological polar surface area (TPSA) is 63.9 Å². The second-order valence-electron chi connectivity index (χ2n) is 9.27. The maximum Gasteiger partial charge on any atom is 0.274 e. The van der Waals surface area contributed by atoms with Gasteiger partial charge in [-0.1, -0.05) is 25.8 Å². The Bertz CT molecular complexity index is 939. The number of nitriles is 1. The van der Waals surface area contributed by atoms with Crippen molar-refractivity contribution in [3.63, 3.8) is 0 Å². The highest BCUT2D eigenvalue weighted by molar-refractivity contribution is 6.12. The molecule has 1 aliphatic rings. The molecular formula is C23H32N5+. The molecule has 0 unspecified atom stereocenters. The third-order valence-corrected chi connectivity index (χ3v) is 4.73. The maximum atomic E-state index is 9.62. The zero-order valence-corrected chi connectivity index (χ0v) is 18.7. The highest BCUT2D eigenvalue weighted by atomic mass is 15.3. The number of benzene rings is 1. The Kier molecular flexibility index (Phi) is 6.03. The molecule has 5 nitrogen and oxygen atoms in total. The lowest BCUT2D eigenvalue weighted by molar-refractivity contribution is -0.508. The molecule has 1 aliphatic heterocycles. The Morgan fingerprint density at radius 1 is 1.21 bits per heavy atom. The second kappa shape index (κ2) is 7.79. The van der Waals surface area contributed by atoms with Crippen LogP contribution in [0.1, 0.15) is 71.6 Å². The SMILES string of the molecule is CN=C(C)CC=Nc1cc(C2=[N+](C(C)(C)C)C(C(C)(C)C)=N2)cc(C#N)c1C. The molecule has 0 aromatic heterocycles. The van der Waals surface area contributed by atoms with Gasteiger partial charge in [-0.25, -0.2) is 4.58 Å². The molecule has 0 aliphatic carbocycles. The van der Waals surface area contributed by atoms with Crippen LogP contribution in [0.4, 0.5) is 5.69 Å². The van der Waals surface area contributed by atoms with Gasteiger partial charge < -0.3 is 0 Å². The summed E-state index contributed by atoms with van der Waals surface area (Å²) in [5.74, 6) is 1.96. The number of nitrogens with zero attached hydrogens (tertiary/aromatic N) is 5. The molecule has 0 N–H and O–H groups in total. The Morgan fingerprint density at radius 2 is 1.86 bits per heavy atom. The normalized spacial score (nSPS) is 15.6. The van der Waals surface area contributed by atoms with E-state index in [0.717, 1.165) is 34.2 Å². The molecule has 0 bridgehead atoms. The standard InChI is InChI=1S/C23H32N5/c1-15(25-9)10-11-26-19-13-17(12-18(14-24)16(19)2)20-27-21(22(3,4)5)28(20)23(6,7)8/h11-13H,10H2,1-9H3/q+1. The summed E-state index contributed by atoms with van der Waals surface area (Å²) in [6.07, 6.45) is 2.55. The quantitative estimate of drug-likeness (QED) is 0.533. The summed E-state index contributed by atoms with van der Waals surface area (Å²) >= 11 is 0. The molecule has 148 valence electrons. The number of amidine groups is 2. The number of rotatable bonds is 4. The van der Waals surface area contributed by atoms with E-state index >= 15 is 0 Å². The molecule has 5 heteroatoms. The van der Waals surface area contributed by atoms with Gasteiger partial charge in [-0.2, -0.15) is 5.26 Å². The molecule has 0 fully saturated rings. The lowest BCUT2D eigenvalue weighted by atomic mass is 9.89. The average Bonchev–Trinajstić information content (AvgIpc) is 2.53. The minimum Gasteiger partial charge on any atom is -0.297 e. The van der Waals surface area contributed by atoms with Crippen molar-refractivity contribution in [1.82, 2.24) is 0 Å². The van der Waals surface area contributed by atoms with Crippen LogP contribution in [-0.4, -0.2) is 40.8 Å². The van der Waals surface area contributed by atoms with Crippen molar-refractivity contribution in [2.24, 2.45) is 20.4 Å². The minimum atomic E-state index is -0.102. The maximum absolute atomic E-state index is 9.62. The van der Waals surface area contributed by atoms with Crippen molar-refractivity contribution in [1.29, 1.82) is 5.26 Å². The van der Waals surface area contributed by atoms with Crippen molar-refractivity contribution >= 4 is 29.3 Å². The van der Waals surface area contributed by atoms with Crippen LogP contribution in [0.25, 0.3) is 0 Å². The first-order chi connectivity index (χ1) is 12.9. The molecule has 0 saturated carbocycles. The van der Waals surface area contributed by atoms with Crippen molar-refractivity contribution in [3.8, 4) is 6.07 Å². The van der Waals surface area contributed by atoms with E-state index in [1.54, 1.807) is 7.05 Å². The zero-order chi connectivity index (χ0) is 21.3. The van der Waals surface area contributed by atoms with E-state index in [-0.39, 0.29) is 11.0 Å². The summed E-state index contributed by atoms with van der Waals surface area (Å²) in [5, 5.41) is 9.62. The third-order valence-electron chi connectivity index (χ3n) is 4.73. The van der Waals surface area contributed by atoms with Crippen LogP contribution in [0, 0.1) is 23.7 Å². The Balaban J connectivity index is 2.57. The fraction of sp³-hybridized carbons (Fsp3) is 0.522. The van der Waals surface area contributed by atoms with Gasteiger partial charge in [0.05, 0.1) is 33.8 Å². The summed E-state index contributed by atoms with van der Waals surface area (Å²) in [5.41, 5.74) is 4.12. The van der Waals surface area contributed by atoms with Crippen molar-refractivity contribution < 1.29 is 4.58 Å². The number of hydrogen-bond acceptors (Lipinski definition) is 4. The molecule has 0 atom stereocenters. The predicted octanol–water partition coefficient (Wildman–Crippen LogP) is 5.07. The highest BCUT2D eigenvalue weighted by Crippen LogP contribution is 2.31. The number of hydrogen-bond donors (Lipinski definition) is 0. The summed E-state index contributed by atoms with van der Waals surface area (Å²) in [7, 11) is 1.78. The molecule has 0 radical (unpaired) electrons. The zero-order valence-electron chi connectivity index (χ0n) is 18.7. The second-order valence-corrected chi connectivity index (χ2v) is 9.27. The van der Waals surface area contributed by atoms with E-state index in [9.17, 15) is 5.26 Å². The van der Waals surface area contributed by atoms with Gasteiger partial charge in [-0.3, -0.25) is 9.98 Å². The van der Waals surface area contributed by atoms with E-state index in [2.05, 4.69) is 62.2 Å². The van der Waals surface area contributed by atoms with Crippen LogP contribution in [0.5, 0.6) is 0 Å². The van der Waals surface area contributed by atoms with E-state index in [1.165, 1.54) is 0 Å². The van der Waals surface area contributed by atoms with Gasteiger partial charge >= 0.3 is 0 Å². The molecular weight excluding hydrogens is 346 g/mol. The van der Waals surface area contributed by atoms with E-state index in [1.807, 2.05) is 32.2 Å². The van der Waals surface area contributed by atoms with Crippen molar-refractivity contribution in [3.05, 3.63) is 28.8 Å². The first kappa shape index (κ1) is 21.7. The van der Waals surface area contributed by atoms with Gasteiger partial charge in [0.2, 0.25) is 5.84 Å². The first-order valence-electron chi connectivity index (χ1n) is 9.66. The Morgan fingerprint density at radius 3 is 2.36 bits per heavy atom. The lowest BCUT2D eigenvalue weighted by Crippen LogP contribution is -2.52. The summed E-state index contributed by atoms with van der Waals surface area (Å²) < 4.78 is 2.28. The molecule has 0 saturated heterocycles. The van der Waals surface area contributed by atoms with Gasteiger partial charge in [0, 0.05) is 25.4 Å². The van der Waals surface area contributed by atoms with E-state index in [4.69, 9.17) is 4.99 Å². The fourth-order valence-corrected chi connectivity index (χ4v) is 3.03. The molecule has 1 aromatic rings. The molecule has 2 rings (SSSR count). The largest absolute Gasteiger partial charge is 0.297 e.